The summed E-state index contributed by atoms with van der Waals surface area (Å²) >= 11 is 0. The zero-order valence-electron chi connectivity index (χ0n) is 16.1. The second-order valence-electron chi connectivity index (χ2n) is 6.10. The molecule has 0 aliphatic carbocycles. The first-order valence-electron chi connectivity index (χ1n) is 9.15. The average molecular weight is 405 g/mol. The summed E-state index contributed by atoms with van der Waals surface area (Å²) in [6.07, 6.45) is 3.42. The van der Waals surface area contributed by atoms with E-state index in [1.54, 1.807) is 42.5 Å². The lowest BCUT2D eigenvalue weighted by Crippen LogP contribution is -2.32. The Morgan fingerprint density at radius 3 is 2.63 bits per heavy atom. The van der Waals surface area contributed by atoms with E-state index in [0.717, 1.165) is 12.0 Å². The topological polar surface area (TPSA) is 110 Å². The largest absolute Gasteiger partial charge is 0.457 e. The number of ether oxygens (including phenoxy) is 1. The molecule has 0 fully saturated rings. The van der Waals surface area contributed by atoms with Crippen molar-refractivity contribution in [2.45, 2.75) is 13.3 Å². The number of hydrogen-bond donors (Lipinski definition) is 2. The van der Waals surface area contributed by atoms with Crippen LogP contribution in [0.15, 0.2) is 76.4 Å². The molecule has 2 N–H and O–H groups in total. The van der Waals surface area contributed by atoms with Gasteiger partial charge in [-0.05, 0) is 47.9 Å². The van der Waals surface area contributed by atoms with Gasteiger partial charge in [0.1, 0.15) is 5.75 Å². The van der Waals surface area contributed by atoms with Crippen LogP contribution in [-0.4, -0.2) is 24.0 Å². The first-order chi connectivity index (χ1) is 14.6. The Morgan fingerprint density at radius 2 is 1.87 bits per heavy atom. The monoisotopic (exact) mass is 405 g/mol. The number of carbonyl (C=O) groups is 3. The minimum absolute atomic E-state index is 0.0805. The number of anilines is 1. The number of amides is 2. The summed E-state index contributed by atoms with van der Waals surface area (Å²) in [5.41, 5.74) is 4.22. The molecule has 152 valence electrons. The molecule has 8 heteroatoms. The van der Waals surface area contributed by atoms with Crippen molar-refractivity contribution in [2.75, 3.05) is 5.32 Å². The highest BCUT2D eigenvalue weighted by molar-refractivity contribution is 6.39. The Hall–Kier alpha value is -4.20. The van der Waals surface area contributed by atoms with E-state index < -0.39 is 17.8 Å². The predicted octanol–water partition coefficient (Wildman–Crippen LogP) is 3.15. The quantitative estimate of drug-likeness (QED) is 0.215. The van der Waals surface area contributed by atoms with Crippen molar-refractivity contribution in [3.63, 3.8) is 0 Å². The van der Waals surface area contributed by atoms with Crippen LogP contribution in [0.1, 0.15) is 28.6 Å². The molecule has 0 aliphatic rings. The molecule has 0 unspecified atom stereocenters. The highest BCUT2D eigenvalue weighted by atomic mass is 16.5. The average Bonchev–Trinajstić information content (AvgIpc) is 3.29. The number of para-hydroxylation sites is 1. The summed E-state index contributed by atoms with van der Waals surface area (Å²) in [7, 11) is 0. The molecule has 0 spiro atoms. The Bertz CT molecular complexity index is 1070. The van der Waals surface area contributed by atoms with E-state index in [0.29, 0.717) is 11.3 Å². The van der Waals surface area contributed by atoms with Gasteiger partial charge in [-0.1, -0.05) is 37.3 Å². The first-order valence-corrected chi connectivity index (χ1v) is 9.15. The SMILES string of the molecule is CCc1ccccc1NC(=O)C(=O)NN=Cc1cccc(OC(=O)c2ccco2)c1. The molecule has 0 saturated heterocycles. The summed E-state index contributed by atoms with van der Waals surface area (Å²) in [5.74, 6) is -2.00. The Balaban J connectivity index is 1.56. The Kier molecular flexibility index (Phi) is 6.73. The van der Waals surface area contributed by atoms with Gasteiger partial charge in [0.25, 0.3) is 0 Å². The molecule has 2 aromatic carbocycles. The van der Waals surface area contributed by atoms with E-state index in [2.05, 4.69) is 15.8 Å². The molecule has 0 atom stereocenters. The van der Waals surface area contributed by atoms with Crippen LogP contribution in [0.25, 0.3) is 0 Å². The summed E-state index contributed by atoms with van der Waals surface area (Å²) in [6.45, 7) is 1.95. The van der Waals surface area contributed by atoms with Crippen molar-refractivity contribution in [2.24, 2.45) is 5.10 Å². The molecule has 3 rings (SSSR count). The fraction of sp³-hybridized carbons (Fsp3) is 0.0909. The van der Waals surface area contributed by atoms with Crippen LogP contribution < -0.4 is 15.5 Å². The normalized spacial score (nSPS) is 10.6. The van der Waals surface area contributed by atoms with Gasteiger partial charge in [-0.15, -0.1) is 0 Å². The zero-order chi connectivity index (χ0) is 21.3. The van der Waals surface area contributed by atoms with Gasteiger partial charge in [-0.2, -0.15) is 5.10 Å². The third-order valence-corrected chi connectivity index (χ3v) is 4.02. The molecule has 0 radical (unpaired) electrons. The molecule has 1 heterocycles. The third-order valence-electron chi connectivity index (χ3n) is 4.02. The van der Waals surface area contributed by atoms with Gasteiger partial charge < -0.3 is 14.5 Å². The number of hydrazone groups is 1. The highest BCUT2D eigenvalue weighted by Crippen LogP contribution is 2.16. The van der Waals surface area contributed by atoms with Crippen molar-refractivity contribution >= 4 is 29.7 Å². The lowest BCUT2D eigenvalue weighted by atomic mass is 10.1. The lowest BCUT2D eigenvalue weighted by Gasteiger charge is -2.08. The molecule has 0 bridgehead atoms. The van der Waals surface area contributed by atoms with E-state index in [1.165, 1.54) is 18.5 Å². The minimum atomic E-state index is -0.905. The summed E-state index contributed by atoms with van der Waals surface area (Å²) in [4.78, 5) is 35.9. The van der Waals surface area contributed by atoms with Crippen molar-refractivity contribution in [1.82, 2.24) is 5.43 Å². The lowest BCUT2D eigenvalue weighted by molar-refractivity contribution is -0.136. The Morgan fingerprint density at radius 1 is 1.03 bits per heavy atom. The van der Waals surface area contributed by atoms with Crippen LogP contribution in [0.5, 0.6) is 5.75 Å². The van der Waals surface area contributed by atoms with Crippen LogP contribution in [0.4, 0.5) is 5.69 Å². The number of furan rings is 1. The van der Waals surface area contributed by atoms with Gasteiger partial charge in [0.05, 0.1) is 12.5 Å². The maximum Gasteiger partial charge on any atom is 0.379 e. The number of hydrogen-bond acceptors (Lipinski definition) is 6. The van der Waals surface area contributed by atoms with Crippen LogP contribution in [0.2, 0.25) is 0 Å². The molecule has 2 amide bonds. The van der Waals surface area contributed by atoms with Gasteiger partial charge in [0, 0.05) is 5.69 Å². The van der Waals surface area contributed by atoms with E-state index in [1.807, 2.05) is 19.1 Å². The van der Waals surface area contributed by atoms with Crippen LogP contribution in [0.3, 0.4) is 0 Å². The second kappa shape index (κ2) is 9.83. The molecule has 8 nitrogen and oxygen atoms in total. The van der Waals surface area contributed by atoms with Gasteiger partial charge in [-0.25, -0.2) is 10.2 Å². The summed E-state index contributed by atoms with van der Waals surface area (Å²) < 4.78 is 10.2. The molecule has 0 aliphatic heterocycles. The van der Waals surface area contributed by atoms with Crippen LogP contribution in [0, 0.1) is 0 Å². The van der Waals surface area contributed by atoms with Gasteiger partial charge in [0.2, 0.25) is 5.76 Å². The number of esters is 1. The van der Waals surface area contributed by atoms with Crippen LogP contribution >= 0.6 is 0 Å². The number of nitrogens with one attached hydrogen (secondary N) is 2. The van der Waals surface area contributed by atoms with E-state index in [-0.39, 0.29) is 11.5 Å². The number of aryl methyl sites for hydroxylation is 1. The third kappa shape index (κ3) is 5.41. The van der Waals surface area contributed by atoms with E-state index >= 15 is 0 Å². The number of nitrogens with zero attached hydrogens (tertiary/aromatic N) is 1. The molecule has 3 aromatic rings. The maximum atomic E-state index is 12.0. The predicted molar refractivity (Wildman–Crippen MR) is 110 cm³/mol. The van der Waals surface area contributed by atoms with Gasteiger partial charge in [-0.3, -0.25) is 9.59 Å². The summed E-state index contributed by atoms with van der Waals surface area (Å²) in [5, 5.41) is 6.34. The van der Waals surface area contributed by atoms with Crippen molar-refractivity contribution < 1.29 is 23.5 Å². The minimum Gasteiger partial charge on any atom is -0.457 e. The number of carbonyl (C=O) groups excluding carboxylic acids is 3. The van der Waals surface area contributed by atoms with E-state index in [4.69, 9.17) is 9.15 Å². The van der Waals surface area contributed by atoms with Crippen molar-refractivity contribution in [1.29, 1.82) is 0 Å². The highest BCUT2D eigenvalue weighted by Gasteiger charge is 2.14. The second-order valence-corrected chi connectivity index (χ2v) is 6.10. The smallest absolute Gasteiger partial charge is 0.379 e. The number of benzene rings is 2. The standard InChI is InChI=1S/C22H19N3O5/c1-2-16-8-3-4-10-18(16)24-20(26)21(27)25-23-14-15-7-5-9-17(13-15)30-22(28)19-11-6-12-29-19/h3-14H,2H2,1H3,(H,24,26)(H,25,27). The maximum absolute atomic E-state index is 12.0. The van der Waals surface area contributed by atoms with Crippen LogP contribution in [-0.2, 0) is 16.0 Å². The number of rotatable bonds is 6. The zero-order valence-corrected chi connectivity index (χ0v) is 16.1. The first kappa shape index (κ1) is 20.5. The fourth-order valence-electron chi connectivity index (χ4n) is 2.56. The summed E-state index contributed by atoms with van der Waals surface area (Å²) in [6, 6.07) is 16.8. The van der Waals surface area contributed by atoms with Crippen molar-refractivity contribution in [3.05, 3.63) is 83.8 Å². The Labute approximate surface area is 172 Å². The molecule has 1 aromatic heterocycles. The fourth-order valence-corrected chi connectivity index (χ4v) is 2.56. The van der Waals surface area contributed by atoms with E-state index in [9.17, 15) is 14.4 Å². The van der Waals surface area contributed by atoms with Crippen molar-refractivity contribution in [3.8, 4) is 5.75 Å². The molecule has 30 heavy (non-hydrogen) atoms. The molecular formula is C22H19N3O5. The van der Waals surface area contributed by atoms with Gasteiger partial charge >= 0.3 is 17.8 Å². The molecule has 0 saturated carbocycles. The molecular weight excluding hydrogens is 386 g/mol. The van der Waals surface area contributed by atoms with Gasteiger partial charge in [0.15, 0.2) is 0 Å².